The standard InChI is InChI=1S/C31H41N3O7.C20H34N2O4/c1-17-9-18(2)29(39)22(10-17)25(35)11-19-12-27(37)34(28(38)13-19)31(3,4)15-26(36)33-24(30(40)41)14-20-16-32-23-8-6-5-7-21(20)23;1-12-7-13(2)19(26)15(8-12)16(23)9-14-10-17(24)22(18(25)11-14)20(3,4)5-6-21/h5-8,16-19,22,24-25,32,35H,9-15H2,1-4H3,(H,33,36)(H,40,41);12-16,23H,5-11,21H2,1-4H3/t17-,18?,22?,24?,25+;12-,13?,15?,16+/m00/s1. The van der Waals surface area contributed by atoms with Crippen molar-refractivity contribution in [1.29, 1.82) is 0 Å². The average molecular weight is 934 g/mol. The van der Waals surface area contributed by atoms with Gasteiger partial charge in [0.05, 0.1) is 17.7 Å². The van der Waals surface area contributed by atoms with Crippen molar-refractivity contribution in [1.82, 2.24) is 20.1 Å². The van der Waals surface area contributed by atoms with E-state index in [9.17, 15) is 53.7 Å². The molecule has 5 unspecified atom stereocenters. The van der Waals surface area contributed by atoms with Crippen LogP contribution in [0, 0.1) is 47.3 Å². The summed E-state index contributed by atoms with van der Waals surface area (Å²) in [6, 6.07) is 6.28. The smallest absolute Gasteiger partial charge is 0.326 e. The van der Waals surface area contributed by atoms with Crippen molar-refractivity contribution < 1.29 is 53.7 Å². The lowest BCUT2D eigenvalue weighted by Gasteiger charge is -2.42. The first-order valence-electron chi connectivity index (χ1n) is 24.3. The maximum Gasteiger partial charge on any atom is 0.326 e. The molecule has 3 heterocycles. The van der Waals surface area contributed by atoms with Crippen LogP contribution in [-0.4, -0.2) is 113 Å². The second-order valence-electron chi connectivity index (χ2n) is 21.7. The minimum Gasteiger partial charge on any atom is -0.480 e. The number of para-hydroxylation sites is 1. The van der Waals surface area contributed by atoms with Crippen LogP contribution < -0.4 is 11.1 Å². The summed E-state index contributed by atoms with van der Waals surface area (Å²) in [5.74, 6) is -3.75. The third-order valence-electron chi connectivity index (χ3n) is 14.7. The molecule has 7 N–H and O–H groups in total. The maximum atomic E-state index is 13.2. The van der Waals surface area contributed by atoms with Crippen molar-refractivity contribution in [2.45, 2.75) is 168 Å². The molecule has 16 nitrogen and oxygen atoms in total. The number of aliphatic hydroxyl groups excluding tert-OH is 2. The Balaban J connectivity index is 0.000000278. The Hall–Kier alpha value is -4.80. The number of Topliss-reactive ketones (excluding diaryl/α,β-unsaturated/α-hetero) is 2. The van der Waals surface area contributed by atoms with Crippen LogP contribution in [0.25, 0.3) is 10.9 Å². The number of carboxylic acid groups (broad SMARTS) is 1. The minimum absolute atomic E-state index is 0.0260. The second-order valence-corrected chi connectivity index (χ2v) is 21.7. The van der Waals surface area contributed by atoms with Crippen LogP contribution in [-0.2, 0) is 44.8 Å². The van der Waals surface area contributed by atoms with Crippen molar-refractivity contribution in [3.05, 3.63) is 36.0 Å². The molecule has 5 amide bonds. The molecule has 370 valence electrons. The van der Waals surface area contributed by atoms with Gasteiger partial charge in [-0.25, -0.2) is 4.79 Å². The zero-order valence-electron chi connectivity index (χ0n) is 40.7. The predicted octanol–water partition coefficient (Wildman–Crippen LogP) is 5.10. The maximum absolute atomic E-state index is 13.2. The molecule has 2 aliphatic carbocycles. The molecular weight excluding hydrogens is 859 g/mol. The van der Waals surface area contributed by atoms with Gasteiger partial charge < -0.3 is 31.4 Å². The Morgan fingerprint density at radius 3 is 1.63 bits per heavy atom. The lowest BCUT2D eigenvalue weighted by molar-refractivity contribution is -0.160. The fraction of sp³-hybridized carbons (Fsp3) is 0.686. The first-order chi connectivity index (χ1) is 31.3. The SMILES string of the molecule is CC1C[C@H](C)CC([C@H](O)CC2CC(=O)N(C(C)(C)CC(=O)NC(Cc3c[nH]c4ccccc34)C(=O)O)C(=O)C2)C1=O.CC1C[C@H](C)CC([C@H](O)CC2CC(=O)N(C(C)(C)CCN)C(=O)C2)C1=O. The lowest BCUT2D eigenvalue weighted by atomic mass is 9.71. The summed E-state index contributed by atoms with van der Waals surface area (Å²) in [6.45, 7) is 15.3. The highest BCUT2D eigenvalue weighted by Crippen LogP contribution is 2.38. The number of nitrogens with one attached hydrogen (secondary N) is 2. The first-order valence-corrected chi connectivity index (χ1v) is 24.3. The summed E-state index contributed by atoms with van der Waals surface area (Å²) in [5.41, 5.74) is 5.45. The predicted molar refractivity (Wildman–Crippen MR) is 251 cm³/mol. The molecule has 9 atom stereocenters. The van der Waals surface area contributed by atoms with Gasteiger partial charge in [-0.3, -0.25) is 43.4 Å². The number of imide groups is 2. The Kier molecular flexibility index (Phi) is 17.5. The van der Waals surface area contributed by atoms with Crippen LogP contribution in [0.1, 0.15) is 138 Å². The molecule has 0 bridgehead atoms. The largest absolute Gasteiger partial charge is 0.480 e. The second kappa shape index (κ2) is 22.1. The number of hydrogen-bond donors (Lipinski definition) is 6. The molecule has 2 saturated heterocycles. The minimum atomic E-state index is -1.19. The fourth-order valence-corrected chi connectivity index (χ4v) is 11.5. The van der Waals surface area contributed by atoms with Crippen molar-refractivity contribution in [3.63, 3.8) is 0 Å². The van der Waals surface area contributed by atoms with Crippen LogP contribution in [0.5, 0.6) is 0 Å². The first kappa shape index (κ1) is 53.2. The number of rotatable bonds is 16. The van der Waals surface area contributed by atoms with Gasteiger partial charge in [0.15, 0.2) is 0 Å². The number of amides is 5. The van der Waals surface area contributed by atoms with Crippen LogP contribution in [0.15, 0.2) is 30.5 Å². The van der Waals surface area contributed by atoms with E-state index in [1.165, 1.54) is 4.90 Å². The number of likely N-dealkylation sites (tertiary alicyclic amines) is 2. The van der Waals surface area contributed by atoms with E-state index in [1.807, 2.05) is 52.0 Å². The van der Waals surface area contributed by atoms with E-state index in [-0.39, 0.29) is 92.0 Å². The third-order valence-corrected chi connectivity index (χ3v) is 14.7. The number of aliphatic carboxylic acids is 1. The summed E-state index contributed by atoms with van der Waals surface area (Å²) in [5, 5.41) is 34.7. The van der Waals surface area contributed by atoms with Gasteiger partial charge >= 0.3 is 5.97 Å². The number of piperidine rings is 2. The van der Waals surface area contributed by atoms with Gasteiger partial charge in [0.25, 0.3) is 0 Å². The molecule has 67 heavy (non-hydrogen) atoms. The van der Waals surface area contributed by atoms with E-state index in [2.05, 4.69) is 24.1 Å². The van der Waals surface area contributed by atoms with Gasteiger partial charge in [0.1, 0.15) is 17.6 Å². The normalized spacial score (nSPS) is 26.3. The van der Waals surface area contributed by atoms with E-state index in [0.29, 0.717) is 44.1 Å². The van der Waals surface area contributed by atoms with Gasteiger partial charge in [-0.05, 0) is 114 Å². The number of benzene rings is 1. The molecule has 0 radical (unpaired) electrons. The number of nitrogens with two attached hydrogens (primary N) is 1. The quantitative estimate of drug-likeness (QED) is 0.120. The van der Waals surface area contributed by atoms with Crippen LogP contribution in [0.4, 0.5) is 0 Å². The number of carbonyl (C=O) groups is 8. The summed E-state index contributed by atoms with van der Waals surface area (Å²) >= 11 is 0. The van der Waals surface area contributed by atoms with E-state index in [4.69, 9.17) is 5.73 Å². The number of fused-ring (bicyclic) bond motifs is 1. The van der Waals surface area contributed by atoms with Gasteiger partial charge in [0.2, 0.25) is 29.5 Å². The summed E-state index contributed by atoms with van der Waals surface area (Å²) < 4.78 is 0. The van der Waals surface area contributed by atoms with Gasteiger partial charge in [-0.15, -0.1) is 0 Å². The molecule has 2 aromatic rings. The van der Waals surface area contributed by atoms with Gasteiger partial charge in [-0.2, -0.15) is 0 Å². The Morgan fingerprint density at radius 1 is 0.731 bits per heavy atom. The number of aliphatic hydroxyl groups is 2. The Bertz CT molecular complexity index is 2130. The monoisotopic (exact) mass is 934 g/mol. The van der Waals surface area contributed by atoms with E-state index in [1.54, 1.807) is 20.0 Å². The number of ketones is 2. The van der Waals surface area contributed by atoms with Gasteiger partial charge in [0, 0.05) is 84.8 Å². The summed E-state index contributed by atoms with van der Waals surface area (Å²) in [6.07, 6.45) is 4.42. The average Bonchev–Trinajstić information content (AvgIpc) is 3.62. The Labute approximate surface area is 394 Å². The third kappa shape index (κ3) is 13.1. The molecule has 0 spiro atoms. The Morgan fingerprint density at radius 2 is 1.18 bits per heavy atom. The molecule has 1 aromatic heterocycles. The number of nitrogens with zero attached hydrogens (tertiary/aromatic N) is 2. The van der Waals surface area contributed by atoms with Crippen molar-refractivity contribution in [3.8, 4) is 0 Å². The highest BCUT2D eigenvalue weighted by atomic mass is 16.4. The topological polar surface area (TPSA) is 258 Å². The molecule has 2 saturated carbocycles. The number of carboxylic acids is 1. The summed E-state index contributed by atoms with van der Waals surface area (Å²) in [4.78, 5) is 107. The summed E-state index contributed by atoms with van der Waals surface area (Å²) in [7, 11) is 0. The molecule has 16 heteroatoms. The highest BCUT2D eigenvalue weighted by molar-refractivity contribution is 6.00. The fourth-order valence-electron chi connectivity index (χ4n) is 11.5. The van der Waals surface area contributed by atoms with Crippen LogP contribution in [0.2, 0.25) is 0 Å². The number of aromatic amines is 1. The van der Waals surface area contributed by atoms with Crippen LogP contribution >= 0.6 is 0 Å². The molecule has 4 aliphatic rings. The van der Waals surface area contributed by atoms with E-state index in [0.717, 1.165) is 34.2 Å². The van der Waals surface area contributed by atoms with Gasteiger partial charge in [-0.1, -0.05) is 45.9 Å². The number of aromatic nitrogens is 1. The van der Waals surface area contributed by atoms with E-state index >= 15 is 0 Å². The number of carbonyl (C=O) groups excluding carboxylic acids is 7. The zero-order valence-corrected chi connectivity index (χ0v) is 40.7. The van der Waals surface area contributed by atoms with Crippen LogP contribution in [0.3, 0.4) is 0 Å². The molecular formula is C51H75N5O11. The lowest BCUT2D eigenvalue weighted by Crippen LogP contribution is -2.57. The zero-order chi connectivity index (χ0) is 49.7. The molecule has 2 aliphatic heterocycles. The van der Waals surface area contributed by atoms with E-state index < -0.39 is 64.9 Å². The van der Waals surface area contributed by atoms with Crippen molar-refractivity contribution in [2.24, 2.45) is 53.1 Å². The number of hydrogen-bond acceptors (Lipinski definition) is 11. The van der Waals surface area contributed by atoms with Crippen molar-refractivity contribution >= 4 is 58.0 Å². The molecule has 4 fully saturated rings. The molecule has 6 rings (SSSR count). The highest BCUT2D eigenvalue weighted by Gasteiger charge is 2.46. The number of H-pyrrole nitrogens is 1. The van der Waals surface area contributed by atoms with Crippen molar-refractivity contribution in [2.75, 3.05) is 6.54 Å². The molecule has 1 aromatic carbocycles.